The summed E-state index contributed by atoms with van der Waals surface area (Å²) in [5.74, 6) is -1.09. The summed E-state index contributed by atoms with van der Waals surface area (Å²) < 4.78 is 35.7. The Bertz CT molecular complexity index is 987. The van der Waals surface area contributed by atoms with Crippen molar-refractivity contribution in [2.75, 3.05) is 0 Å². The predicted molar refractivity (Wildman–Crippen MR) is 106 cm³/mol. The molecular formula is C22H20O5S. The molecule has 3 aromatic carbocycles. The van der Waals surface area contributed by atoms with Crippen LogP contribution in [-0.4, -0.2) is 14.4 Å². The molecule has 1 unspecified atom stereocenters. The lowest BCUT2D eigenvalue weighted by Crippen LogP contribution is -2.23. The minimum atomic E-state index is -4.01. The summed E-state index contributed by atoms with van der Waals surface area (Å²) in [6.45, 7) is 0.0328. The van der Waals surface area contributed by atoms with Crippen molar-refractivity contribution in [3.8, 4) is 0 Å². The molecule has 6 heteroatoms. The van der Waals surface area contributed by atoms with Crippen LogP contribution < -0.4 is 0 Å². The van der Waals surface area contributed by atoms with Gasteiger partial charge in [-0.1, -0.05) is 91.0 Å². The number of hydrogen-bond acceptors (Lipinski definition) is 5. The normalized spacial score (nSPS) is 12.3. The lowest BCUT2D eigenvalue weighted by atomic mass is 10.1. The molecule has 0 fully saturated rings. The highest BCUT2D eigenvalue weighted by atomic mass is 32.2. The fraction of sp³-hybridized carbons (Fsp3) is 0.136. The van der Waals surface area contributed by atoms with Crippen LogP contribution in [0.5, 0.6) is 0 Å². The van der Waals surface area contributed by atoms with E-state index in [1.165, 1.54) is 0 Å². The van der Waals surface area contributed by atoms with Gasteiger partial charge in [0.2, 0.25) is 0 Å². The van der Waals surface area contributed by atoms with Gasteiger partial charge in [0.25, 0.3) is 10.1 Å². The highest BCUT2D eigenvalue weighted by Gasteiger charge is 2.29. The highest BCUT2D eigenvalue weighted by molar-refractivity contribution is 7.85. The van der Waals surface area contributed by atoms with Crippen LogP contribution in [0.2, 0.25) is 0 Å². The molecule has 0 aromatic heterocycles. The van der Waals surface area contributed by atoms with Gasteiger partial charge in [-0.3, -0.25) is 0 Å². The van der Waals surface area contributed by atoms with Crippen molar-refractivity contribution >= 4 is 16.1 Å². The fourth-order valence-corrected chi connectivity index (χ4v) is 3.77. The van der Waals surface area contributed by atoms with Crippen molar-refractivity contribution in [1.29, 1.82) is 0 Å². The largest absolute Gasteiger partial charge is 0.459 e. The summed E-state index contributed by atoms with van der Waals surface area (Å²) >= 11 is 0. The first-order chi connectivity index (χ1) is 13.5. The number of hydrogen-bond donors (Lipinski definition) is 0. The minimum Gasteiger partial charge on any atom is -0.459 e. The number of ether oxygens (including phenoxy) is 1. The Kier molecular flexibility index (Phi) is 6.57. The fourth-order valence-electron chi connectivity index (χ4n) is 2.62. The summed E-state index contributed by atoms with van der Waals surface area (Å²) in [5, 5.41) is 0. The molecule has 5 nitrogen and oxygen atoms in total. The summed E-state index contributed by atoms with van der Waals surface area (Å²) in [7, 11) is -4.01. The third kappa shape index (κ3) is 5.77. The Hall–Kier alpha value is -2.96. The molecule has 28 heavy (non-hydrogen) atoms. The van der Waals surface area contributed by atoms with E-state index in [1.807, 2.05) is 30.3 Å². The van der Waals surface area contributed by atoms with Gasteiger partial charge in [-0.2, -0.15) is 8.42 Å². The molecule has 0 spiro atoms. The standard InChI is InChI=1S/C22H20O5S/c23-22(26-16-18-10-4-1-5-11-18)21(20-14-8-3-9-15-20)27-28(24,25)17-19-12-6-2-7-13-19/h1-15,21H,16-17H2. The lowest BCUT2D eigenvalue weighted by molar-refractivity contribution is -0.153. The van der Waals surface area contributed by atoms with Crippen LogP contribution in [0, 0.1) is 0 Å². The van der Waals surface area contributed by atoms with Crippen LogP contribution in [-0.2, 0) is 36.2 Å². The maximum absolute atomic E-state index is 12.6. The van der Waals surface area contributed by atoms with Gasteiger partial charge in [-0.15, -0.1) is 0 Å². The maximum Gasteiger partial charge on any atom is 0.341 e. The van der Waals surface area contributed by atoms with E-state index < -0.39 is 22.2 Å². The van der Waals surface area contributed by atoms with Gasteiger partial charge in [0.15, 0.2) is 6.10 Å². The molecule has 3 rings (SSSR count). The topological polar surface area (TPSA) is 69.7 Å². The maximum atomic E-state index is 12.6. The average molecular weight is 396 g/mol. The number of benzene rings is 3. The monoisotopic (exact) mass is 396 g/mol. The third-order valence-corrected chi connectivity index (χ3v) is 5.14. The third-order valence-electron chi connectivity index (χ3n) is 3.97. The highest BCUT2D eigenvalue weighted by Crippen LogP contribution is 2.24. The van der Waals surface area contributed by atoms with Gasteiger partial charge in [-0.25, -0.2) is 8.98 Å². The van der Waals surface area contributed by atoms with E-state index >= 15 is 0 Å². The van der Waals surface area contributed by atoms with Gasteiger partial charge < -0.3 is 4.74 Å². The van der Waals surface area contributed by atoms with Crippen LogP contribution in [0.3, 0.4) is 0 Å². The zero-order valence-electron chi connectivity index (χ0n) is 15.1. The Balaban J connectivity index is 1.76. The van der Waals surface area contributed by atoms with Crippen molar-refractivity contribution < 1.29 is 22.1 Å². The van der Waals surface area contributed by atoms with E-state index in [2.05, 4.69) is 0 Å². The Morgan fingerprint density at radius 1 is 0.750 bits per heavy atom. The van der Waals surface area contributed by atoms with E-state index in [0.717, 1.165) is 5.56 Å². The molecule has 0 amide bonds. The first-order valence-electron chi connectivity index (χ1n) is 8.74. The molecule has 0 aliphatic rings. The van der Waals surface area contributed by atoms with E-state index in [-0.39, 0.29) is 12.4 Å². The molecule has 0 bridgehead atoms. The second kappa shape index (κ2) is 9.30. The first-order valence-corrected chi connectivity index (χ1v) is 10.3. The Morgan fingerprint density at radius 2 is 1.25 bits per heavy atom. The van der Waals surface area contributed by atoms with Crippen molar-refractivity contribution in [2.45, 2.75) is 18.5 Å². The SMILES string of the molecule is O=C(OCc1ccccc1)C(OS(=O)(=O)Cc1ccccc1)c1ccccc1. The van der Waals surface area contributed by atoms with E-state index in [0.29, 0.717) is 11.1 Å². The van der Waals surface area contributed by atoms with Gasteiger partial charge in [-0.05, 0) is 16.7 Å². The molecular weight excluding hydrogens is 376 g/mol. The number of esters is 1. The van der Waals surface area contributed by atoms with Crippen molar-refractivity contribution in [2.24, 2.45) is 0 Å². The number of carbonyl (C=O) groups excluding carboxylic acids is 1. The van der Waals surface area contributed by atoms with Crippen LogP contribution in [0.25, 0.3) is 0 Å². The van der Waals surface area contributed by atoms with Crippen LogP contribution in [0.15, 0.2) is 91.0 Å². The Labute approximate surface area is 164 Å². The quantitative estimate of drug-likeness (QED) is 0.425. The molecule has 0 aliphatic heterocycles. The van der Waals surface area contributed by atoms with E-state index in [9.17, 15) is 13.2 Å². The molecule has 0 radical (unpaired) electrons. The zero-order chi connectivity index (χ0) is 19.8. The molecule has 0 saturated heterocycles. The summed E-state index contributed by atoms with van der Waals surface area (Å²) in [5.41, 5.74) is 1.79. The van der Waals surface area contributed by atoms with Gasteiger partial charge in [0, 0.05) is 0 Å². The average Bonchev–Trinajstić information content (AvgIpc) is 2.72. The lowest BCUT2D eigenvalue weighted by Gasteiger charge is -2.17. The molecule has 0 saturated carbocycles. The Morgan fingerprint density at radius 3 is 1.82 bits per heavy atom. The van der Waals surface area contributed by atoms with Gasteiger partial charge in [0.05, 0.1) is 0 Å². The van der Waals surface area contributed by atoms with Crippen LogP contribution >= 0.6 is 0 Å². The molecule has 0 heterocycles. The van der Waals surface area contributed by atoms with Crippen molar-refractivity contribution in [3.63, 3.8) is 0 Å². The summed E-state index contributed by atoms with van der Waals surface area (Å²) in [6, 6.07) is 26.3. The predicted octanol–water partition coefficient (Wildman–Crippen LogP) is 4.02. The van der Waals surface area contributed by atoms with E-state index in [4.69, 9.17) is 8.92 Å². The van der Waals surface area contributed by atoms with Gasteiger partial charge in [0.1, 0.15) is 12.4 Å². The second-order valence-electron chi connectivity index (χ2n) is 6.17. The molecule has 3 aromatic rings. The van der Waals surface area contributed by atoms with Crippen LogP contribution in [0.1, 0.15) is 22.8 Å². The zero-order valence-corrected chi connectivity index (χ0v) is 15.9. The van der Waals surface area contributed by atoms with E-state index in [1.54, 1.807) is 60.7 Å². The first kappa shape index (κ1) is 19.8. The number of carbonyl (C=O) groups is 1. The summed E-state index contributed by atoms with van der Waals surface area (Å²) in [6.07, 6.45) is -1.36. The molecule has 0 N–H and O–H groups in total. The number of rotatable bonds is 8. The molecule has 0 aliphatic carbocycles. The van der Waals surface area contributed by atoms with Crippen molar-refractivity contribution in [3.05, 3.63) is 108 Å². The van der Waals surface area contributed by atoms with Crippen LogP contribution in [0.4, 0.5) is 0 Å². The summed E-state index contributed by atoms with van der Waals surface area (Å²) in [4.78, 5) is 12.6. The smallest absolute Gasteiger partial charge is 0.341 e. The minimum absolute atomic E-state index is 0.0328. The van der Waals surface area contributed by atoms with Gasteiger partial charge >= 0.3 is 5.97 Å². The molecule has 1 atom stereocenters. The second-order valence-corrected chi connectivity index (χ2v) is 7.76. The molecule has 144 valence electrons. The van der Waals surface area contributed by atoms with Crippen molar-refractivity contribution in [1.82, 2.24) is 0 Å².